The smallest absolute Gasteiger partial charge is 0.173 e. The van der Waals surface area contributed by atoms with E-state index in [4.69, 9.17) is 4.74 Å². The van der Waals surface area contributed by atoms with E-state index in [1.807, 2.05) is 13.8 Å². The molecule has 2 atom stereocenters. The van der Waals surface area contributed by atoms with Gasteiger partial charge < -0.3 is 4.74 Å². The molecule has 0 spiro atoms. The number of ketones is 1. The first-order valence-corrected chi connectivity index (χ1v) is 5.84. The summed E-state index contributed by atoms with van der Waals surface area (Å²) in [5.41, 5.74) is -0.641. The van der Waals surface area contributed by atoms with Crippen LogP contribution in [0.1, 0.15) is 26.7 Å². The van der Waals surface area contributed by atoms with E-state index in [9.17, 15) is 4.79 Å². The number of carbonyl (C=O) groups excluding carboxylic acids is 1. The molecule has 0 aromatic carbocycles. The first kappa shape index (κ1) is 8.94. The first-order valence-electron chi connectivity index (χ1n) is 4.32. The molecular formula is C9H13IO2. The summed E-state index contributed by atoms with van der Waals surface area (Å²) in [6, 6.07) is 0. The number of halogens is 1. The van der Waals surface area contributed by atoms with Gasteiger partial charge >= 0.3 is 0 Å². The molecule has 0 amide bonds. The number of rotatable bonds is 1. The van der Waals surface area contributed by atoms with Crippen molar-refractivity contribution in [2.24, 2.45) is 5.41 Å². The fourth-order valence-electron chi connectivity index (χ4n) is 2.32. The molecule has 2 aliphatic heterocycles. The molecule has 0 aromatic rings. The Morgan fingerprint density at radius 3 is 2.67 bits per heavy atom. The van der Waals surface area contributed by atoms with Gasteiger partial charge in [-0.1, -0.05) is 36.4 Å². The average Bonchev–Trinajstić information content (AvgIpc) is 2.53. The molecule has 12 heavy (non-hydrogen) atoms. The summed E-state index contributed by atoms with van der Waals surface area (Å²) in [5, 5.41) is 0. The van der Waals surface area contributed by atoms with Gasteiger partial charge in [0.2, 0.25) is 0 Å². The Morgan fingerprint density at radius 2 is 2.33 bits per heavy atom. The lowest BCUT2D eigenvalue weighted by Crippen LogP contribution is -2.43. The number of ether oxygens (including phenoxy) is 1. The molecule has 2 bridgehead atoms. The van der Waals surface area contributed by atoms with E-state index in [1.54, 1.807) is 0 Å². The van der Waals surface area contributed by atoms with Crippen LogP contribution in [-0.4, -0.2) is 21.9 Å². The lowest BCUT2D eigenvalue weighted by molar-refractivity contribution is -0.132. The molecule has 68 valence electrons. The van der Waals surface area contributed by atoms with Crippen molar-refractivity contribution in [3.63, 3.8) is 0 Å². The van der Waals surface area contributed by atoms with Crippen molar-refractivity contribution in [2.75, 3.05) is 4.43 Å². The Hall–Kier alpha value is 0.360. The number of carbonyl (C=O) groups is 1. The molecule has 2 saturated heterocycles. The Bertz CT molecular complexity index is 237. The van der Waals surface area contributed by atoms with Gasteiger partial charge in [0.25, 0.3) is 0 Å². The standard InChI is InChI=1S/C9H13IO2/c1-8(2)6-3-4-9(5-10,12-6)7(8)11/h6H,3-5H2,1-2H3. The summed E-state index contributed by atoms with van der Waals surface area (Å²) >= 11 is 2.26. The molecule has 0 aromatic heterocycles. The van der Waals surface area contributed by atoms with Crippen LogP contribution in [0.3, 0.4) is 0 Å². The summed E-state index contributed by atoms with van der Waals surface area (Å²) < 4.78 is 6.59. The van der Waals surface area contributed by atoms with E-state index < -0.39 is 5.60 Å². The third kappa shape index (κ3) is 0.867. The van der Waals surface area contributed by atoms with E-state index in [1.165, 1.54) is 0 Å². The molecular weight excluding hydrogens is 267 g/mol. The Kier molecular flexibility index (Phi) is 1.82. The van der Waals surface area contributed by atoms with Gasteiger partial charge in [-0.3, -0.25) is 4.79 Å². The predicted octanol–water partition coefficient (Wildman–Crippen LogP) is 1.95. The minimum atomic E-state index is -0.408. The zero-order valence-corrected chi connectivity index (χ0v) is 9.55. The van der Waals surface area contributed by atoms with Crippen molar-refractivity contribution in [2.45, 2.75) is 38.4 Å². The number of Topliss-reactive ketones (excluding diaryl/α,β-unsaturated/α-hetero) is 1. The number of hydrogen-bond acceptors (Lipinski definition) is 2. The van der Waals surface area contributed by atoms with E-state index in [-0.39, 0.29) is 11.5 Å². The highest BCUT2D eigenvalue weighted by molar-refractivity contribution is 14.1. The molecule has 2 fully saturated rings. The predicted molar refractivity (Wildman–Crippen MR) is 54.5 cm³/mol. The zero-order valence-electron chi connectivity index (χ0n) is 7.39. The van der Waals surface area contributed by atoms with E-state index in [2.05, 4.69) is 22.6 Å². The van der Waals surface area contributed by atoms with Gasteiger partial charge in [0.1, 0.15) is 5.60 Å². The highest BCUT2D eigenvalue weighted by atomic mass is 127. The molecule has 0 aliphatic carbocycles. The molecule has 2 unspecified atom stereocenters. The van der Waals surface area contributed by atoms with E-state index in [0.717, 1.165) is 17.3 Å². The topological polar surface area (TPSA) is 26.3 Å². The number of alkyl halides is 1. The molecule has 2 nitrogen and oxygen atoms in total. The van der Waals surface area contributed by atoms with Crippen molar-refractivity contribution in [3.05, 3.63) is 0 Å². The first-order chi connectivity index (χ1) is 5.53. The summed E-state index contributed by atoms with van der Waals surface area (Å²) in [6.45, 7) is 4.01. The molecule has 0 saturated carbocycles. The quantitative estimate of drug-likeness (QED) is 0.542. The maximum Gasteiger partial charge on any atom is 0.173 e. The summed E-state index contributed by atoms with van der Waals surface area (Å²) in [6.07, 6.45) is 2.17. The number of fused-ring (bicyclic) bond motifs is 2. The van der Waals surface area contributed by atoms with Crippen molar-refractivity contribution >= 4 is 28.4 Å². The highest BCUT2D eigenvalue weighted by Crippen LogP contribution is 2.51. The summed E-state index contributed by atoms with van der Waals surface area (Å²) in [7, 11) is 0. The monoisotopic (exact) mass is 280 g/mol. The SMILES string of the molecule is CC1(C)C(=O)C2(CI)CCC1O2. The second-order valence-corrected chi connectivity index (χ2v) is 5.09. The van der Waals surface area contributed by atoms with Gasteiger partial charge in [-0.25, -0.2) is 0 Å². The maximum atomic E-state index is 11.9. The third-order valence-electron chi connectivity index (χ3n) is 3.20. The zero-order chi connectivity index (χ0) is 8.98. The minimum Gasteiger partial charge on any atom is -0.362 e. The van der Waals surface area contributed by atoms with Crippen molar-refractivity contribution < 1.29 is 9.53 Å². The fourth-order valence-corrected chi connectivity index (χ4v) is 3.23. The molecule has 2 aliphatic rings. The van der Waals surface area contributed by atoms with Crippen LogP contribution in [0.15, 0.2) is 0 Å². The Labute approximate surface area is 86.2 Å². The maximum absolute atomic E-state index is 11.9. The van der Waals surface area contributed by atoms with Gasteiger partial charge in [0.05, 0.1) is 11.5 Å². The summed E-state index contributed by atoms with van der Waals surface area (Å²) in [4.78, 5) is 11.9. The van der Waals surface area contributed by atoms with Crippen molar-refractivity contribution in [1.82, 2.24) is 0 Å². The molecule has 0 N–H and O–H groups in total. The van der Waals surface area contributed by atoms with Crippen LogP contribution in [-0.2, 0) is 9.53 Å². The van der Waals surface area contributed by atoms with Crippen molar-refractivity contribution in [1.29, 1.82) is 0 Å². The van der Waals surface area contributed by atoms with Crippen LogP contribution < -0.4 is 0 Å². The highest BCUT2D eigenvalue weighted by Gasteiger charge is 2.62. The molecule has 0 radical (unpaired) electrons. The second-order valence-electron chi connectivity index (χ2n) is 4.32. The van der Waals surface area contributed by atoms with E-state index >= 15 is 0 Å². The van der Waals surface area contributed by atoms with Gasteiger partial charge in [0, 0.05) is 4.43 Å². The largest absolute Gasteiger partial charge is 0.362 e. The average molecular weight is 280 g/mol. The van der Waals surface area contributed by atoms with Crippen LogP contribution in [0.4, 0.5) is 0 Å². The Morgan fingerprint density at radius 1 is 1.67 bits per heavy atom. The minimum absolute atomic E-state index is 0.180. The lowest BCUT2D eigenvalue weighted by atomic mass is 9.72. The number of hydrogen-bond donors (Lipinski definition) is 0. The fraction of sp³-hybridized carbons (Fsp3) is 0.889. The lowest BCUT2D eigenvalue weighted by Gasteiger charge is -2.28. The molecule has 2 heterocycles. The van der Waals surface area contributed by atoms with Crippen molar-refractivity contribution in [3.8, 4) is 0 Å². The van der Waals surface area contributed by atoms with Crippen LogP contribution in [0.5, 0.6) is 0 Å². The van der Waals surface area contributed by atoms with Gasteiger partial charge in [-0.15, -0.1) is 0 Å². The van der Waals surface area contributed by atoms with Gasteiger partial charge in [-0.2, -0.15) is 0 Å². The Balaban J connectivity index is 2.38. The van der Waals surface area contributed by atoms with Crippen LogP contribution in [0.25, 0.3) is 0 Å². The van der Waals surface area contributed by atoms with Crippen LogP contribution in [0, 0.1) is 5.41 Å². The van der Waals surface area contributed by atoms with Gasteiger partial charge in [-0.05, 0) is 12.8 Å². The molecule has 2 rings (SSSR count). The van der Waals surface area contributed by atoms with Crippen LogP contribution in [0.2, 0.25) is 0 Å². The molecule has 3 heteroatoms. The third-order valence-corrected chi connectivity index (χ3v) is 4.43. The van der Waals surface area contributed by atoms with E-state index in [0.29, 0.717) is 5.78 Å². The summed E-state index contributed by atoms with van der Waals surface area (Å²) in [5.74, 6) is 0.320. The van der Waals surface area contributed by atoms with Crippen LogP contribution >= 0.6 is 22.6 Å². The van der Waals surface area contributed by atoms with Gasteiger partial charge in [0.15, 0.2) is 5.78 Å². The second kappa shape index (κ2) is 2.44. The normalized spacial score (nSPS) is 43.9.